The second-order valence-corrected chi connectivity index (χ2v) is 5.14. The summed E-state index contributed by atoms with van der Waals surface area (Å²) >= 11 is 0. The van der Waals surface area contributed by atoms with Gasteiger partial charge in [0.1, 0.15) is 5.75 Å². The minimum atomic E-state index is -0.386. The summed E-state index contributed by atoms with van der Waals surface area (Å²) in [5.74, 6) is 0.786. The summed E-state index contributed by atoms with van der Waals surface area (Å²) in [6, 6.07) is 14.3. The number of methoxy groups -OCH3 is 1. The first-order chi connectivity index (χ1) is 10.7. The fourth-order valence-electron chi connectivity index (χ4n) is 2.27. The van der Waals surface area contributed by atoms with E-state index in [0.29, 0.717) is 0 Å². The van der Waals surface area contributed by atoms with Crippen LogP contribution in [0.1, 0.15) is 18.4 Å². The molecule has 0 amide bonds. The van der Waals surface area contributed by atoms with Gasteiger partial charge in [0.25, 0.3) is 5.69 Å². The van der Waals surface area contributed by atoms with Gasteiger partial charge in [-0.25, -0.2) is 0 Å². The van der Waals surface area contributed by atoms with Gasteiger partial charge >= 0.3 is 0 Å². The molecule has 1 N–H and O–H groups in total. The molecule has 5 nitrogen and oxygen atoms in total. The van der Waals surface area contributed by atoms with Crippen molar-refractivity contribution in [3.05, 3.63) is 69.8 Å². The largest absolute Gasteiger partial charge is 0.497 e. The predicted octanol–water partition coefficient (Wildman–Crippen LogP) is 4.22. The quantitative estimate of drug-likeness (QED) is 0.662. The van der Waals surface area contributed by atoms with Gasteiger partial charge in [-0.15, -0.1) is 0 Å². The van der Waals surface area contributed by atoms with E-state index >= 15 is 0 Å². The third kappa shape index (κ3) is 3.09. The Labute approximate surface area is 128 Å². The molecule has 0 unspecified atom stereocenters. The fourth-order valence-corrected chi connectivity index (χ4v) is 2.27. The molecule has 0 atom stereocenters. The molecule has 0 saturated heterocycles. The molecule has 1 aliphatic carbocycles. The maximum Gasteiger partial charge on any atom is 0.269 e. The molecule has 2 aromatic carbocycles. The summed E-state index contributed by atoms with van der Waals surface area (Å²) in [4.78, 5) is 10.4. The van der Waals surface area contributed by atoms with Crippen LogP contribution in [0.15, 0.2) is 54.1 Å². The van der Waals surface area contributed by atoms with Gasteiger partial charge in [0.05, 0.1) is 12.0 Å². The Balaban J connectivity index is 1.88. The lowest BCUT2D eigenvalue weighted by atomic mass is 10.1. The zero-order valence-electron chi connectivity index (χ0n) is 12.2. The van der Waals surface area contributed by atoms with E-state index in [-0.39, 0.29) is 10.6 Å². The maximum absolute atomic E-state index is 10.8. The summed E-state index contributed by atoms with van der Waals surface area (Å²) in [7, 11) is 1.63. The highest BCUT2D eigenvalue weighted by Gasteiger charge is 2.20. The maximum atomic E-state index is 10.8. The van der Waals surface area contributed by atoms with Gasteiger partial charge in [-0.1, -0.05) is 6.07 Å². The van der Waals surface area contributed by atoms with E-state index in [1.54, 1.807) is 19.2 Å². The number of nitro groups is 1. The molecule has 22 heavy (non-hydrogen) atoms. The van der Waals surface area contributed by atoms with E-state index in [9.17, 15) is 10.1 Å². The molecular formula is C17H16N2O3. The molecule has 0 spiro atoms. The van der Waals surface area contributed by atoms with Crippen LogP contribution in [-0.4, -0.2) is 12.0 Å². The number of allylic oxidation sites excluding steroid dienone is 1. The summed E-state index contributed by atoms with van der Waals surface area (Å²) in [6.07, 6.45) is 2.12. The number of nitrogens with one attached hydrogen (secondary N) is 1. The SMILES string of the molecule is COc1cccc(NC(=C2CC2)c2ccc([N+](=O)[O-])cc2)c1. The minimum Gasteiger partial charge on any atom is -0.497 e. The number of anilines is 1. The fraction of sp³-hybridized carbons (Fsp3) is 0.176. The third-order valence-electron chi connectivity index (χ3n) is 3.56. The second-order valence-electron chi connectivity index (χ2n) is 5.14. The monoisotopic (exact) mass is 296 g/mol. The van der Waals surface area contributed by atoms with Crippen molar-refractivity contribution in [1.29, 1.82) is 0 Å². The van der Waals surface area contributed by atoms with Crippen LogP contribution in [0.25, 0.3) is 5.70 Å². The number of hydrogen-bond donors (Lipinski definition) is 1. The van der Waals surface area contributed by atoms with Gasteiger partial charge < -0.3 is 10.1 Å². The van der Waals surface area contributed by atoms with Gasteiger partial charge in [-0.2, -0.15) is 0 Å². The number of nitro benzene ring substituents is 1. The van der Waals surface area contributed by atoms with Crippen molar-refractivity contribution in [2.45, 2.75) is 12.8 Å². The van der Waals surface area contributed by atoms with Gasteiger partial charge in [0, 0.05) is 29.6 Å². The average molecular weight is 296 g/mol. The van der Waals surface area contributed by atoms with Gasteiger partial charge in [0.2, 0.25) is 0 Å². The molecule has 0 bridgehead atoms. The van der Waals surface area contributed by atoms with E-state index in [0.717, 1.165) is 35.5 Å². The summed E-state index contributed by atoms with van der Waals surface area (Å²) in [5.41, 5.74) is 4.36. The Morgan fingerprint density at radius 3 is 2.50 bits per heavy atom. The molecule has 0 aliphatic heterocycles. The third-order valence-corrected chi connectivity index (χ3v) is 3.56. The van der Waals surface area contributed by atoms with Crippen LogP contribution in [0.4, 0.5) is 11.4 Å². The van der Waals surface area contributed by atoms with Crippen molar-refractivity contribution in [1.82, 2.24) is 0 Å². The first kappa shape index (κ1) is 14.1. The van der Waals surface area contributed by atoms with Crippen molar-refractivity contribution in [3.8, 4) is 5.75 Å². The van der Waals surface area contributed by atoms with E-state index in [2.05, 4.69) is 5.32 Å². The molecule has 2 aromatic rings. The van der Waals surface area contributed by atoms with Crippen molar-refractivity contribution in [2.24, 2.45) is 0 Å². The zero-order valence-corrected chi connectivity index (χ0v) is 12.2. The molecular weight excluding hydrogens is 280 g/mol. The van der Waals surface area contributed by atoms with Crippen LogP contribution in [0.2, 0.25) is 0 Å². The Hall–Kier alpha value is -2.82. The van der Waals surface area contributed by atoms with Crippen LogP contribution in [-0.2, 0) is 0 Å². The highest BCUT2D eigenvalue weighted by molar-refractivity contribution is 5.81. The van der Waals surface area contributed by atoms with Crippen molar-refractivity contribution in [2.75, 3.05) is 12.4 Å². The molecule has 1 fully saturated rings. The Kier molecular flexibility index (Phi) is 3.78. The summed E-state index contributed by atoms with van der Waals surface area (Å²) in [6.45, 7) is 0. The molecule has 0 heterocycles. The minimum absolute atomic E-state index is 0.102. The molecule has 5 heteroatoms. The van der Waals surface area contributed by atoms with Gasteiger partial charge in [-0.05, 0) is 48.2 Å². The van der Waals surface area contributed by atoms with E-state index in [4.69, 9.17) is 4.74 Å². The topological polar surface area (TPSA) is 64.4 Å². The number of benzene rings is 2. The van der Waals surface area contributed by atoms with E-state index in [1.807, 2.05) is 24.3 Å². The van der Waals surface area contributed by atoms with Crippen LogP contribution in [0.3, 0.4) is 0 Å². The Bertz CT molecular complexity index is 730. The van der Waals surface area contributed by atoms with E-state index in [1.165, 1.54) is 17.7 Å². The smallest absolute Gasteiger partial charge is 0.269 e. The molecule has 0 aromatic heterocycles. The molecule has 0 radical (unpaired) electrons. The first-order valence-corrected chi connectivity index (χ1v) is 7.05. The summed E-state index contributed by atoms with van der Waals surface area (Å²) in [5, 5.41) is 14.2. The lowest BCUT2D eigenvalue weighted by Crippen LogP contribution is -2.00. The highest BCUT2D eigenvalue weighted by atomic mass is 16.6. The number of non-ortho nitro benzene ring substituents is 1. The zero-order chi connectivity index (χ0) is 15.5. The van der Waals surface area contributed by atoms with Crippen LogP contribution in [0, 0.1) is 10.1 Å². The standard InChI is InChI=1S/C17H16N2O3/c1-22-16-4-2-3-14(11-16)18-17(12-5-6-12)13-7-9-15(10-8-13)19(20)21/h2-4,7-11,18H,5-6H2,1H3. The summed E-state index contributed by atoms with van der Waals surface area (Å²) < 4.78 is 5.23. The average Bonchev–Trinajstić information content (AvgIpc) is 3.38. The highest BCUT2D eigenvalue weighted by Crippen LogP contribution is 2.37. The molecule has 1 aliphatic rings. The van der Waals surface area contributed by atoms with Crippen LogP contribution >= 0.6 is 0 Å². The second kappa shape index (κ2) is 5.89. The van der Waals surface area contributed by atoms with Gasteiger partial charge in [-0.3, -0.25) is 10.1 Å². The lowest BCUT2D eigenvalue weighted by Gasteiger charge is -2.12. The van der Waals surface area contributed by atoms with Crippen LogP contribution in [0.5, 0.6) is 5.75 Å². The van der Waals surface area contributed by atoms with Crippen molar-refractivity contribution in [3.63, 3.8) is 0 Å². The van der Waals surface area contributed by atoms with Crippen molar-refractivity contribution < 1.29 is 9.66 Å². The van der Waals surface area contributed by atoms with E-state index < -0.39 is 0 Å². The Morgan fingerprint density at radius 2 is 1.91 bits per heavy atom. The Morgan fingerprint density at radius 1 is 1.18 bits per heavy atom. The van der Waals surface area contributed by atoms with Crippen molar-refractivity contribution >= 4 is 17.1 Å². The molecule has 1 saturated carbocycles. The number of nitrogens with zero attached hydrogens (tertiary/aromatic N) is 1. The number of hydrogen-bond acceptors (Lipinski definition) is 4. The van der Waals surface area contributed by atoms with Gasteiger partial charge in [0.15, 0.2) is 0 Å². The molecule has 3 rings (SSSR count). The predicted molar refractivity (Wildman–Crippen MR) is 85.9 cm³/mol. The lowest BCUT2D eigenvalue weighted by molar-refractivity contribution is -0.384. The number of rotatable bonds is 5. The van der Waals surface area contributed by atoms with Crippen LogP contribution < -0.4 is 10.1 Å². The number of ether oxygens (including phenoxy) is 1. The first-order valence-electron chi connectivity index (χ1n) is 7.05. The molecule has 112 valence electrons. The normalized spacial score (nSPS) is 12.7.